The largest absolute Gasteiger partial charge is 0.481 e. The summed E-state index contributed by atoms with van der Waals surface area (Å²) in [4.78, 5) is 73.5. The van der Waals surface area contributed by atoms with Crippen molar-refractivity contribution in [1.82, 2.24) is 0 Å². The average Bonchev–Trinajstić information content (AvgIpc) is 4.00. The van der Waals surface area contributed by atoms with E-state index in [1.807, 2.05) is 0 Å². The van der Waals surface area contributed by atoms with E-state index in [0.717, 1.165) is 103 Å². The van der Waals surface area contributed by atoms with E-state index in [2.05, 4.69) is 125 Å². The number of hydrogen-bond donors (Lipinski definition) is 1. The maximum Gasteiger partial charge on any atom is 0.315 e. The van der Waals surface area contributed by atoms with Crippen molar-refractivity contribution >= 4 is 59.8 Å². The predicted molar refractivity (Wildman–Crippen MR) is 311 cm³/mol. The number of aliphatic carboxylic acids is 1. The second-order valence-corrected chi connectivity index (χ2v) is 30.7. The van der Waals surface area contributed by atoms with Crippen molar-refractivity contribution in [2.24, 2.45) is 113 Å². The molecule has 10 fully saturated rings. The quantitative estimate of drug-likeness (QED) is 0.0858. The van der Waals surface area contributed by atoms with E-state index in [-0.39, 0.29) is 105 Å². The number of esters is 3. The van der Waals surface area contributed by atoms with Crippen molar-refractivity contribution < 1.29 is 79.2 Å². The van der Waals surface area contributed by atoms with Crippen molar-refractivity contribution in [3.8, 4) is 0 Å². The van der Waals surface area contributed by atoms with Crippen molar-refractivity contribution in [1.29, 1.82) is 1.34 Å². The standard InChI is InChI=1S/C33H50O5.C30H46O3.C3H5BrO2.BH.U/c1-20(2)22-11-16-33(28(36)38-19-37-21(3)34)18-17-31(7)23(27(22)33)9-10-25-30(6)14-13-26(35)29(4,5)24(30)12-15-32(25,31)8;1-18(2)19-10-15-30(25(32)33)17-16-28(6)20(24(19)30)8-9-22-27(5)13-12-23(31)26(3,4)21(27)11-14-29(22,28)7;1-3(5)6-2-4;;/h22-25,27H,1,9-19H2,2-8H3;19-22,24H,1,8-17H2,2-7H3,(H,32,33);2H2,1H3;1H;/t22?,23-,24?,25-,27?,30+,31-,32-,33+;19?,20-,21?,22-,24?,27+,28-,29-,30+;;;/m11.../s1/i;;;1D;. The summed E-state index contributed by atoms with van der Waals surface area (Å²) < 4.78 is 20.2. The normalized spacial score (nSPS) is 45.4. The average molecular weight is 1390 g/mol. The molecule has 0 spiro atoms. The van der Waals surface area contributed by atoms with Gasteiger partial charge in [-0.2, -0.15) is 0 Å². The van der Waals surface area contributed by atoms with Gasteiger partial charge in [0.1, 0.15) is 17.1 Å². The molecule has 6 unspecified atom stereocenters. The molecule has 10 nitrogen and oxygen atoms in total. The minimum absolute atomic E-state index is 0. The van der Waals surface area contributed by atoms with E-state index < -0.39 is 22.8 Å². The van der Waals surface area contributed by atoms with Crippen LogP contribution < -0.4 is 0 Å². The van der Waals surface area contributed by atoms with Gasteiger partial charge in [0.05, 0.1) is 10.8 Å². The number of alkyl halides is 1. The third kappa shape index (κ3) is 9.99. The summed E-state index contributed by atoms with van der Waals surface area (Å²) in [6.07, 6.45) is 20.1. The molecule has 79 heavy (non-hydrogen) atoms. The monoisotopic (exact) mass is 1380 g/mol. The maximum absolute atomic E-state index is 13.8. The molecule has 2 radical (unpaired) electrons. The van der Waals surface area contributed by atoms with E-state index in [9.17, 15) is 33.9 Å². The first kappa shape index (κ1) is 64.9. The molecule has 0 heterocycles. The van der Waals surface area contributed by atoms with Gasteiger partial charge in [0, 0.05) is 77.0 Å². The number of hydrogen-bond acceptors (Lipinski definition) is 9. The second-order valence-electron chi connectivity index (χ2n) is 30.2. The van der Waals surface area contributed by atoms with Crippen LogP contribution in [0.4, 0.5) is 0 Å². The molecule has 10 saturated carbocycles. The van der Waals surface area contributed by atoms with Gasteiger partial charge in [-0.1, -0.05) is 93.5 Å². The number of ketones is 2. The van der Waals surface area contributed by atoms with Crippen LogP contribution in [-0.4, -0.2) is 62.6 Å². The van der Waals surface area contributed by atoms with Gasteiger partial charge in [0.2, 0.25) is 6.79 Å². The third-order valence-electron chi connectivity index (χ3n) is 27.2. The number of carboxylic acid groups (broad SMARTS) is 1. The first-order valence-corrected chi connectivity index (χ1v) is 31.4. The first-order chi connectivity index (χ1) is 36.7. The summed E-state index contributed by atoms with van der Waals surface area (Å²) in [6, 6.07) is 0. The van der Waals surface area contributed by atoms with Gasteiger partial charge in [-0.15, -0.1) is 0 Å². The summed E-state index contributed by atoms with van der Waals surface area (Å²) in [5.41, 5.74) is 2.23. The molecular formula is C66H102BBrO10U. The van der Waals surface area contributed by atoms with Gasteiger partial charge >= 0.3 is 23.9 Å². The molecule has 0 aromatic carbocycles. The van der Waals surface area contributed by atoms with Crippen LogP contribution in [0.3, 0.4) is 0 Å². The second kappa shape index (κ2) is 22.9. The minimum Gasteiger partial charge on any atom is -0.481 e. The Kier molecular flexibility index (Phi) is 18.8. The Bertz CT molecular complexity index is 2430. The molecule has 440 valence electrons. The molecule has 0 aromatic heterocycles. The van der Waals surface area contributed by atoms with Crippen molar-refractivity contribution in [3.63, 3.8) is 0 Å². The number of carboxylic acids is 1. The predicted octanol–water partition coefficient (Wildman–Crippen LogP) is 14.8. The number of carbonyl (C=O) groups excluding carboxylic acids is 5. The molecule has 0 saturated heterocycles. The fraction of sp³-hybridized carbons (Fsp3) is 0.848. The number of Topliss-reactive ketones (excluding diaryl/α,β-unsaturated/α-hetero) is 2. The number of allylic oxidation sites excluding steroid dienone is 2. The molecule has 1 N–H and O–H groups in total. The van der Waals surface area contributed by atoms with Crippen LogP contribution >= 0.6 is 15.9 Å². The summed E-state index contributed by atoms with van der Waals surface area (Å²) in [6.45, 7) is 39.5. The van der Waals surface area contributed by atoms with Crippen LogP contribution in [0, 0.1) is 144 Å². The summed E-state index contributed by atoms with van der Waals surface area (Å²) in [7, 11) is 3.75. The summed E-state index contributed by atoms with van der Waals surface area (Å²) in [5.74, 6) is 3.66. The Morgan fingerprint density at radius 1 is 0.532 bits per heavy atom. The van der Waals surface area contributed by atoms with Crippen molar-refractivity contribution in [3.05, 3.63) is 24.3 Å². The molecule has 18 atom stereocenters. The molecule has 10 aliphatic carbocycles. The van der Waals surface area contributed by atoms with Gasteiger partial charge in [0.25, 0.3) is 0 Å². The first-order valence-electron chi connectivity index (χ1n) is 30.9. The molecule has 0 aromatic rings. The Morgan fingerprint density at radius 3 is 1.29 bits per heavy atom. The molecule has 0 amide bonds. The fourth-order valence-electron chi connectivity index (χ4n) is 23.0. The van der Waals surface area contributed by atoms with E-state index >= 15 is 0 Å². The fourth-order valence-corrected chi connectivity index (χ4v) is 23.3. The van der Waals surface area contributed by atoms with Crippen molar-refractivity contribution in [2.75, 3.05) is 12.3 Å². The SMILES string of the molecule is C=C(C)C1CC[C@]2(C(=O)O)CC[C@]3(C)[C@H](CC[C@@H]4[C@@]5(C)CCC(=O)C(C)(C)C5CC[C@]43C)C12.C=C(C)C1CC[C@]2(C(=O)OCOC(C)=O)CC[C@]3(C)[C@H](CC[C@@H]4[C@@]5(C)CCC(=O)C(C)(C)C5CC[C@]43C)C12.CC(=O)OCBr.[2H][B].[U]. The Hall–Kier alpha value is -1.70. The van der Waals surface area contributed by atoms with Crippen molar-refractivity contribution in [2.45, 2.75) is 225 Å². The Morgan fingerprint density at radius 2 is 0.924 bits per heavy atom. The number of carbonyl (C=O) groups is 6. The molecule has 13 heteroatoms. The molecule has 10 rings (SSSR count). The number of ether oxygens (including phenoxy) is 3. The van der Waals surface area contributed by atoms with E-state index in [1.165, 1.54) is 44.3 Å². The Balaban J connectivity index is 0.000000227. The van der Waals surface area contributed by atoms with Gasteiger partial charge in [0.15, 0.2) is 0 Å². The van der Waals surface area contributed by atoms with E-state index in [0.29, 0.717) is 70.8 Å². The zero-order valence-electron chi connectivity index (χ0n) is 52.3. The Labute approximate surface area is 512 Å². The number of halogens is 1. The van der Waals surface area contributed by atoms with Crippen LogP contribution in [0.25, 0.3) is 0 Å². The smallest absolute Gasteiger partial charge is 0.315 e. The minimum atomic E-state index is -0.547. The molecule has 0 aliphatic heterocycles. The zero-order valence-corrected chi connectivity index (χ0v) is 57.1. The topological polar surface area (TPSA) is 150 Å². The van der Waals surface area contributed by atoms with Crippen LogP contribution in [0.2, 0.25) is 0 Å². The van der Waals surface area contributed by atoms with Gasteiger partial charge in [-0.05, 0) is 238 Å². The van der Waals surface area contributed by atoms with Crippen LogP contribution in [0.1, 0.15) is 225 Å². The molecule has 10 aliphatic rings. The maximum atomic E-state index is 13.8. The summed E-state index contributed by atoms with van der Waals surface area (Å²) >= 11 is 2.91. The van der Waals surface area contributed by atoms with Crippen LogP contribution in [0.15, 0.2) is 24.3 Å². The molecule has 0 bridgehead atoms. The zero-order chi connectivity index (χ0) is 59.1. The van der Waals surface area contributed by atoms with Gasteiger partial charge < -0.3 is 19.3 Å². The van der Waals surface area contributed by atoms with E-state index in [4.69, 9.17) is 10.8 Å². The summed E-state index contributed by atoms with van der Waals surface area (Å²) in [5, 5.41) is 10.5. The van der Waals surface area contributed by atoms with Crippen LogP contribution in [0.5, 0.6) is 0 Å². The van der Waals surface area contributed by atoms with Crippen LogP contribution in [-0.2, 0) is 43.0 Å². The number of rotatable bonds is 7. The van der Waals surface area contributed by atoms with Gasteiger partial charge in [-0.25, -0.2) is 0 Å². The van der Waals surface area contributed by atoms with E-state index in [1.54, 1.807) is 0 Å². The van der Waals surface area contributed by atoms with Gasteiger partial charge in [-0.3, -0.25) is 28.8 Å². The third-order valence-corrected chi connectivity index (χ3v) is 27.4. The number of fused-ring (bicyclic) bond motifs is 14. The molecular weight excluding hydrogens is 1280 g/mol.